The summed E-state index contributed by atoms with van der Waals surface area (Å²) in [5.74, 6) is 0. The molecule has 2 heterocycles. The quantitative estimate of drug-likeness (QED) is 0.795. The predicted octanol–water partition coefficient (Wildman–Crippen LogP) is 1.52. The molecule has 1 aliphatic heterocycles. The van der Waals surface area contributed by atoms with E-state index in [1.165, 1.54) is 0 Å². The summed E-state index contributed by atoms with van der Waals surface area (Å²) < 4.78 is 1.77. The Bertz CT molecular complexity index is 659. The normalized spacial score (nSPS) is 23.3. The summed E-state index contributed by atoms with van der Waals surface area (Å²) in [5, 5.41) is 13.6. The number of rotatable bonds is 3. The van der Waals surface area contributed by atoms with E-state index in [1.54, 1.807) is 4.57 Å². The number of aryl methyl sites for hydroxylation is 1. The van der Waals surface area contributed by atoms with E-state index in [0.717, 1.165) is 42.4 Å². The van der Waals surface area contributed by atoms with Crippen LogP contribution in [-0.4, -0.2) is 27.3 Å². The Morgan fingerprint density at radius 2 is 2.30 bits per heavy atom. The number of nitrogens with one attached hydrogen (secondary N) is 2. The fraction of sp³-hybridized carbons (Fsp3) is 0.533. The molecule has 1 aliphatic rings. The lowest BCUT2D eigenvalue weighted by molar-refractivity contribution is 0.0970. The van der Waals surface area contributed by atoms with Gasteiger partial charge in [0, 0.05) is 6.54 Å². The minimum atomic E-state index is -0.396. The molecular weight excluding hydrogens is 254 g/mol. The third kappa shape index (κ3) is 2.17. The molecule has 5 nitrogen and oxygen atoms in total. The number of benzene rings is 1. The summed E-state index contributed by atoms with van der Waals surface area (Å²) in [5.41, 5.74) is 2.69. The number of aromatic amines is 1. The number of aliphatic hydroxyl groups is 1. The number of nitrogens with zero attached hydrogens (tertiary/aromatic N) is 1. The van der Waals surface area contributed by atoms with E-state index in [-0.39, 0.29) is 11.7 Å². The molecule has 5 heteroatoms. The van der Waals surface area contributed by atoms with Crippen LogP contribution in [0, 0.1) is 0 Å². The molecule has 0 spiro atoms. The van der Waals surface area contributed by atoms with Crippen molar-refractivity contribution in [3.8, 4) is 0 Å². The molecule has 0 saturated carbocycles. The van der Waals surface area contributed by atoms with Crippen LogP contribution in [0.25, 0.3) is 11.0 Å². The zero-order valence-corrected chi connectivity index (χ0v) is 11.7. The summed E-state index contributed by atoms with van der Waals surface area (Å²) in [4.78, 5) is 15.0. The molecule has 0 bridgehead atoms. The maximum absolute atomic E-state index is 12.1. The molecule has 3 N–H and O–H groups in total. The zero-order valence-electron chi connectivity index (χ0n) is 11.7. The SMILES string of the molecule is CCCn1c(=O)[nH]c2c(C3NCCCC3O)cccc21. The minimum Gasteiger partial charge on any atom is -0.391 e. The van der Waals surface area contributed by atoms with Crippen molar-refractivity contribution in [3.05, 3.63) is 34.2 Å². The topological polar surface area (TPSA) is 70.0 Å². The number of hydrogen-bond acceptors (Lipinski definition) is 3. The Balaban J connectivity index is 2.12. The van der Waals surface area contributed by atoms with Crippen molar-refractivity contribution in [1.82, 2.24) is 14.9 Å². The van der Waals surface area contributed by atoms with Gasteiger partial charge in [0.25, 0.3) is 0 Å². The van der Waals surface area contributed by atoms with Crippen LogP contribution in [0.4, 0.5) is 0 Å². The Morgan fingerprint density at radius 3 is 3.05 bits per heavy atom. The van der Waals surface area contributed by atoms with Crippen molar-refractivity contribution in [2.75, 3.05) is 6.54 Å². The number of H-pyrrole nitrogens is 1. The van der Waals surface area contributed by atoms with Gasteiger partial charge in [0.15, 0.2) is 0 Å². The molecular formula is C15H21N3O2. The van der Waals surface area contributed by atoms with Crippen LogP contribution < -0.4 is 11.0 Å². The second kappa shape index (κ2) is 5.42. The van der Waals surface area contributed by atoms with Gasteiger partial charge in [-0.3, -0.25) is 4.57 Å². The van der Waals surface area contributed by atoms with E-state index in [9.17, 15) is 9.90 Å². The van der Waals surface area contributed by atoms with E-state index < -0.39 is 6.10 Å². The van der Waals surface area contributed by atoms with Crippen LogP contribution in [0.1, 0.15) is 37.8 Å². The molecule has 0 aliphatic carbocycles. The summed E-state index contributed by atoms with van der Waals surface area (Å²) in [6.45, 7) is 3.67. The van der Waals surface area contributed by atoms with Crippen LogP contribution in [0.15, 0.2) is 23.0 Å². The van der Waals surface area contributed by atoms with Crippen molar-refractivity contribution >= 4 is 11.0 Å². The second-order valence-corrected chi connectivity index (χ2v) is 5.46. The highest BCUT2D eigenvalue weighted by atomic mass is 16.3. The van der Waals surface area contributed by atoms with Gasteiger partial charge in [-0.2, -0.15) is 0 Å². The molecule has 3 rings (SSSR count). The minimum absolute atomic E-state index is 0.0698. The lowest BCUT2D eigenvalue weighted by Gasteiger charge is -2.29. The molecule has 0 radical (unpaired) electrons. The van der Waals surface area contributed by atoms with Crippen molar-refractivity contribution in [3.63, 3.8) is 0 Å². The van der Waals surface area contributed by atoms with E-state index in [2.05, 4.69) is 17.2 Å². The molecule has 108 valence electrons. The Morgan fingerprint density at radius 1 is 1.45 bits per heavy atom. The first-order valence-corrected chi connectivity index (χ1v) is 7.35. The van der Waals surface area contributed by atoms with E-state index in [1.807, 2.05) is 18.2 Å². The predicted molar refractivity (Wildman–Crippen MR) is 78.8 cm³/mol. The van der Waals surface area contributed by atoms with Gasteiger partial charge in [-0.1, -0.05) is 19.1 Å². The Kier molecular flexibility index (Phi) is 3.63. The molecule has 2 aromatic rings. The largest absolute Gasteiger partial charge is 0.391 e. The molecule has 0 amide bonds. The van der Waals surface area contributed by atoms with Crippen molar-refractivity contribution in [1.29, 1.82) is 0 Å². The number of aliphatic hydroxyl groups excluding tert-OH is 1. The van der Waals surface area contributed by atoms with Gasteiger partial charge in [-0.05, 0) is 37.4 Å². The van der Waals surface area contributed by atoms with Gasteiger partial charge < -0.3 is 15.4 Å². The highest BCUT2D eigenvalue weighted by Crippen LogP contribution is 2.28. The maximum atomic E-state index is 12.1. The maximum Gasteiger partial charge on any atom is 0.326 e. The highest BCUT2D eigenvalue weighted by molar-refractivity contribution is 5.79. The summed E-state index contributed by atoms with van der Waals surface area (Å²) in [7, 11) is 0. The van der Waals surface area contributed by atoms with E-state index >= 15 is 0 Å². The lowest BCUT2D eigenvalue weighted by Crippen LogP contribution is -2.37. The van der Waals surface area contributed by atoms with Gasteiger partial charge in [0.05, 0.1) is 23.2 Å². The first-order valence-electron chi connectivity index (χ1n) is 7.35. The number of aromatic nitrogens is 2. The van der Waals surface area contributed by atoms with Gasteiger partial charge in [-0.25, -0.2) is 4.79 Å². The molecule has 1 fully saturated rings. The fourth-order valence-electron chi connectivity index (χ4n) is 3.10. The summed E-state index contributed by atoms with van der Waals surface area (Å²) in [6, 6.07) is 5.81. The first-order chi connectivity index (χ1) is 9.72. The Hall–Kier alpha value is -1.59. The number of piperidine rings is 1. The average molecular weight is 275 g/mol. The van der Waals surface area contributed by atoms with Crippen LogP contribution in [0.5, 0.6) is 0 Å². The van der Waals surface area contributed by atoms with Gasteiger partial charge in [0.1, 0.15) is 0 Å². The highest BCUT2D eigenvalue weighted by Gasteiger charge is 2.26. The number of fused-ring (bicyclic) bond motifs is 1. The zero-order chi connectivity index (χ0) is 14.1. The van der Waals surface area contributed by atoms with Crippen LogP contribution >= 0.6 is 0 Å². The van der Waals surface area contributed by atoms with Crippen LogP contribution in [0.2, 0.25) is 0 Å². The second-order valence-electron chi connectivity index (χ2n) is 5.46. The molecule has 2 unspecified atom stereocenters. The standard InChI is InChI=1S/C15H21N3O2/c1-2-9-18-11-6-3-5-10(13(11)17-15(18)20)14-12(19)7-4-8-16-14/h3,5-6,12,14,16,19H,2,4,7-9H2,1H3,(H,17,20). The molecule has 20 heavy (non-hydrogen) atoms. The lowest BCUT2D eigenvalue weighted by atomic mass is 9.94. The monoisotopic (exact) mass is 275 g/mol. The number of imidazole rings is 1. The fourth-order valence-corrected chi connectivity index (χ4v) is 3.10. The smallest absolute Gasteiger partial charge is 0.326 e. The Labute approximate surface area is 117 Å². The molecule has 1 aromatic carbocycles. The van der Waals surface area contributed by atoms with Gasteiger partial charge in [-0.15, -0.1) is 0 Å². The third-order valence-corrected chi connectivity index (χ3v) is 4.05. The van der Waals surface area contributed by atoms with Crippen LogP contribution in [-0.2, 0) is 6.54 Å². The van der Waals surface area contributed by atoms with Crippen LogP contribution in [0.3, 0.4) is 0 Å². The van der Waals surface area contributed by atoms with E-state index in [0.29, 0.717) is 6.54 Å². The first kappa shape index (κ1) is 13.4. The summed E-state index contributed by atoms with van der Waals surface area (Å²) in [6.07, 6.45) is 2.31. The van der Waals surface area contributed by atoms with E-state index in [4.69, 9.17) is 0 Å². The molecule has 1 saturated heterocycles. The van der Waals surface area contributed by atoms with Crippen molar-refractivity contribution in [2.24, 2.45) is 0 Å². The van der Waals surface area contributed by atoms with Gasteiger partial charge >= 0.3 is 5.69 Å². The molecule has 2 atom stereocenters. The average Bonchev–Trinajstić information content (AvgIpc) is 2.77. The summed E-state index contributed by atoms with van der Waals surface area (Å²) >= 11 is 0. The van der Waals surface area contributed by atoms with Crippen molar-refractivity contribution < 1.29 is 5.11 Å². The number of para-hydroxylation sites is 1. The van der Waals surface area contributed by atoms with Gasteiger partial charge in [0.2, 0.25) is 0 Å². The number of hydrogen-bond donors (Lipinski definition) is 3. The third-order valence-electron chi connectivity index (χ3n) is 4.05. The van der Waals surface area contributed by atoms with Crippen molar-refractivity contribution in [2.45, 2.75) is 44.9 Å². The molecule has 1 aromatic heterocycles.